The first-order valence-electron chi connectivity index (χ1n) is 7.36. The second-order valence-electron chi connectivity index (χ2n) is 5.40. The van der Waals surface area contributed by atoms with Crippen molar-refractivity contribution in [2.75, 3.05) is 22.9 Å². The fourth-order valence-corrected chi connectivity index (χ4v) is 2.90. The number of rotatable bonds is 5. The van der Waals surface area contributed by atoms with Crippen LogP contribution in [0, 0.1) is 0 Å². The van der Waals surface area contributed by atoms with E-state index in [4.69, 9.17) is 11.6 Å². The highest BCUT2D eigenvalue weighted by Crippen LogP contribution is 2.28. The molecule has 0 aliphatic heterocycles. The average molecular weight is 367 g/mol. The molecule has 0 fully saturated rings. The van der Waals surface area contributed by atoms with Crippen molar-refractivity contribution in [3.05, 3.63) is 58.6 Å². The summed E-state index contributed by atoms with van der Waals surface area (Å²) >= 11 is 6.06. The Balaban J connectivity index is 2.26. The summed E-state index contributed by atoms with van der Waals surface area (Å²) in [5.74, 6) is -0.334. The van der Waals surface area contributed by atoms with E-state index in [1.54, 1.807) is 6.07 Å². The van der Waals surface area contributed by atoms with Gasteiger partial charge in [-0.3, -0.25) is 9.10 Å². The molecule has 0 saturated heterocycles. The number of hydrogen-bond acceptors (Lipinski definition) is 3. The maximum Gasteiger partial charge on any atom is 0.255 e. The molecular formula is C17H19ClN2O3S. The first-order valence-corrected chi connectivity index (χ1v) is 9.58. The van der Waals surface area contributed by atoms with E-state index in [1.807, 2.05) is 24.3 Å². The van der Waals surface area contributed by atoms with Gasteiger partial charge in [0.25, 0.3) is 5.91 Å². The topological polar surface area (TPSA) is 66.5 Å². The number of sulfonamides is 1. The number of carbonyl (C=O) groups excluding carboxylic acids is 1. The Morgan fingerprint density at radius 1 is 1.17 bits per heavy atom. The molecule has 7 heteroatoms. The Bertz CT molecular complexity index is 849. The molecule has 0 aromatic heterocycles. The number of benzene rings is 2. The minimum Gasteiger partial charge on any atom is -0.322 e. The minimum atomic E-state index is -3.47. The van der Waals surface area contributed by atoms with Gasteiger partial charge in [-0.15, -0.1) is 0 Å². The van der Waals surface area contributed by atoms with Gasteiger partial charge >= 0.3 is 0 Å². The fourth-order valence-electron chi connectivity index (χ4n) is 2.10. The third-order valence-corrected chi connectivity index (χ3v) is 5.18. The standard InChI is InChI=1S/C17H19ClN2O3S/c1-4-12-5-8-14(9-6-12)19-17(21)13-7-10-15(18)16(11-13)20(2)24(3,22)23/h5-11H,4H2,1-3H3,(H,19,21). The molecule has 0 saturated carbocycles. The van der Waals surface area contributed by atoms with Crippen molar-refractivity contribution in [2.24, 2.45) is 0 Å². The number of hydrogen-bond donors (Lipinski definition) is 1. The molecule has 0 aliphatic rings. The molecular weight excluding hydrogens is 348 g/mol. The molecule has 0 radical (unpaired) electrons. The van der Waals surface area contributed by atoms with Crippen molar-refractivity contribution in [1.82, 2.24) is 0 Å². The Hall–Kier alpha value is -2.05. The van der Waals surface area contributed by atoms with E-state index in [1.165, 1.54) is 24.7 Å². The second-order valence-corrected chi connectivity index (χ2v) is 7.82. The lowest BCUT2D eigenvalue weighted by Gasteiger charge is -2.18. The third kappa shape index (κ3) is 4.27. The summed E-state index contributed by atoms with van der Waals surface area (Å²) in [7, 11) is -2.08. The molecule has 1 N–H and O–H groups in total. The zero-order valence-electron chi connectivity index (χ0n) is 13.7. The average Bonchev–Trinajstić information content (AvgIpc) is 2.54. The normalized spacial score (nSPS) is 11.2. The van der Waals surface area contributed by atoms with Crippen LogP contribution in [0.3, 0.4) is 0 Å². The lowest BCUT2D eigenvalue weighted by Crippen LogP contribution is -2.25. The Morgan fingerprint density at radius 3 is 2.33 bits per heavy atom. The summed E-state index contributed by atoms with van der Waals surface area (Å²) in [6, 6.07) is 12.1. The zero-order valence-corrected chi connectivity index (χ0v) is 15.3. The van der Waals surface area contributed by atoms with Gasteiger partial charge in [-0.1, -0.05) is 30.7 Å². The van der Waals surface area contributed by atoms with Gasteiger partial charge in [0.15, 0.2) is 0 Å². The van der Waals surface area contributed by atoms with E-state index in [9.17, 15) is 13.2 Å². The van der Waals surface area contributed by atoms with E-state index in [0.29, 0.717) is 11.3 Å². The van der Waals surface area contributed by atoms with Crippen molar-refractivity contribution < 1.29 is 13.2 Å². The van der Waals surface area contributed by atoms with Crippen LogP contribution in [0.1, 0.15) is 22.8 Å². The Labute approximate surface area is 147 Å². The van der Waals surface area contributed by atoms with E-state index < -0.39 is 10.0 Å². The van der Waals surface area contributed by atoms with Gasteiger partial charge in [0.2, 0.25) is 10.0 Å². The molecule has 5 nitrogen and oxygen atoms in total. The predicted octanol–water partition coefficient (Wildman–Crippen LogP) is 3.55. The van der Waals surface area contributed by atoms with Crippen molar-refractivity contribution in [3.63, 3.8) is 0 Å². The molecule has 0 heterocycles. The fraction of sp³-hybridized carbons (Fsp3) is 0.235. The molecule has 0 unspecified atom stereocenters. The quantitative estimate of drug-likeness (QED) is 0.879. The highest BCUT2D eigenvalue weighted by Gasteiger charge is 2.17. The van der Waals surface area contributed by atoms with E-state index in [0.717, 1.165) is 17.0 Å². The Morgan fingerprint density at radius 2 is 1.79 bits per heavy atom. The summed E-state index contributed by atoms with van der Waals surface area (Å²) in [6.45, 7) is 2.06. The van der Waals surface area contributed by atoms with Crippen molar-refractivity contribution in [3.8, 4) is 0 Å². The molecule has 0 bridgehead atoms. The highest BCUT2D eigenvalue weighted by molar-refractivity contribution is 7.92. The summed E-state index contributed by atoms with van der Waals surface area (Å²) in [4.78, 5) is 12.4. The van der Waals surface area contributed by atoms with Crippen LogP contribution in [0.2, 0.25) is 5.02 Å². The van der Waals surface area contributed by atoms with Gasteiger partial charge in [0.05, 0.1) is 17.0 Å². The van der Waals surface area contributed by atoms with Crippen LogP contribution in [0.5, 0.6) is 0 Å². The predicted molar refractivity (Wildman–Crippen MR) is 98.5 cm³/mol. The van der Waals surface area contributed by atoms with Crippen LogP contribution in [-0.4, -0.2) is 27.6 Å². The van der Waals surface area contributed by atoms with Crippen LogP contribution >= 0.6 is 11.6 Å². The van der Waals surface area contributed by atoms with Crippen LogP contribution in [0.4, 0.5) is 11.4 Å². The maximum absolute atomic E-state index is 12.4. The first kappa shape index (κ1) is 18.3. The van der Waals surface area contributed by atoms with E-state index in [2.05, 4.69) is 12.2 Å². The number of amides is 1. The van der Waals surface area contributed by atoms with Crippen LogP contribution in [0.25, 0.3) is 0 Å². The molecule has 0 atom stereocenters. The Kier molecular flexibility index (Phi) is 5.51. The summed E-state index contributed by atoms with van der Waals surface area (Å²) in [6.07, 6.45) is 2.00. The SMILES string of the molecule is CCc1ccc(NC(=O)c2ccc(Cl)c(N(C)S(C)(=O)=O)c2)cc1. The molecule has 2 rings (SSSR count). The number of carbonyl (C=O) groups is 1. The molecule has 2 aromatic rings. The smallest absolute Gasteiger partial charge is 0.255 e. The monoisotopic (exact) mass is 366 g/mol. The number of anilines is 2. The number of nitrogens with one attached hydrogen (secondary N) is 1. The number of nitrogens with zero attached hydrogens (tertiary/aromatic N) is 1. The van der Waals surface area contributed by atoms with Gasteiger partial charge in [0.1, 0.15) is 0 Å². The second kappa shape index (κ2) is 7.23. The third-order valence-electron chi connectivity index (χ3n) is 3.67. The van der Waals surface area contributed by atoms with Crippen molar-refractivity contribution >= 4 is 38.9 Å². The number of aryl methyl sites for hydroxylation is 1. The first-order chi connectivity index (χ1) is 11.2. The summed E-state index contributed by atoms with van der Waals surface area (Å²) in [5, 5.41) is 3.04. The largest absolute Gasteiger partial charge is 0.322 e. The summed E-state index contributed by atoms with van der Waals surface area (Å²) < 4.78 is 24.4. The molecule has 2 aromatic carbocycles. The van der Waals surface area contributed by atoms with Crippen LogP contribution in [-0.2, 0) is 16.4 Å². The van der Waals surface area contributed by atoms with Gasteiger partial charge in [-0.05, 0) is 42.3 Å². The van der Waals surface area contributed by atoms with Crippen LogP contribution in [0.15, 0.2) is 42.5 Å². The zero-order chi connectivity index (χ0) is 17.9. The molecule has 0 spiro atoms. The highest BCUT2D eigenvalue weighted by atomic mass is 35.5. The lowest BCUT2D eigenvalue weighted by atomic mass is 10.1. The minimum absolute atomic E-state index is 0.256. The lowest BCUT2D eigenvalue weighted by molar-refractivity contribution is 0.102. The molecule has 1 amide bonds. The number of halogens is 1. The molecule has 24 heavy (non-hydrogen) atoms. The maximum atomic E-state index is 12.4. The molecule has 128 valence electrons. The van der Waals surface area contributed by atoms with Gasteiger partial charge in [-0.2, -0.15) is 0 Å². The van der Waals surface area contributed by atoms with E-state index in [-0.39, 0.29) is 16.6 Å². The van der Waals surface area contributed by atoms with E-state index >= 15 is 0 Å². The summed E-state index contributed by atoms with van der Waals surface area (Å²) in [5.41, 5.74) is 2.43. The van der Waals surface area contributed by atoms with Crippen molar-refractivity contribution in [1.29, 1.82) is 0 Å². The van der Waals surface area contributed by atoms with Crippen molar-refractivity contribution in [2.45, 2.75) is 13.3 Å². The van der Waals surface area contributed by atoms with Gasteiger partial charge < -0.3 is 5.32 Å². The van der Waals surface area contributed by atoms with Crippen LogP contribution < -0.4 is 9.62 Å². The molecule has 0 aliphatic carbocycles. The van der Waals surface area contributed by atoms with Gasteiger partial charge in [0, 0.05) is 18.3 Å². The van der Waals surface area contributed by atoms with Gasteiger partial charge in [-0.25, -0.2) is 8.42 Å².